The Morgan fingerprint density at radius 2 is 2.44 bits per heavy atom. The largest absolute Gasteiger partial charge is 0.387 e. The lowest BCUT2D eigenvalue weighted by atomic mass is 10.2. The average Bonchev–Trinajstić information content (AvgIpc) is 2.95. The minimum Gasteiger partial charge on any atom is -0.387 e. The van der Waals surface area contributed by atoms with Gasteiger partial charge in [0, 0.05) is 19.8 Å². The van der Waals surface area contributed by atoms with Crippen LogP contribution in [0, 0.1) is 0 Å². The van der Waals surface area contributed by atoms with Gasteiger partial charge in [-0.2, -0.15) is 11.3 Å². The summed E-state index contributed by atoms with van der Waals surface area (Å²) in [6, 6.07) is 3.43. The first-order valence-corrected chi connectivity index (χ1v) is 6.70. The van der Waals surface area contributed by atoms with Gasteiger partial charge < -0.3 is 15.0 Å². The number of nitrogens with zero attached hydrogens (tertiary/aromatic N) is 1. The highest BCUT2D eigenvalue weighted by atomic mass is 35.5. The predicted molar refractivity (Wildman–Crippen MR) is 72.0 cm³/mol. The second-order valence-electron chi connectivity index (χ2n) is 3.94. The number of hydrogen-bond donors (Lipinski definition) is 2. The molecule has 1 amide bonds. The summed E-state index contributed by atoms with van der Waals surface area (Å²) in [5.74, 6) is -0.251. The van der Waals surface area contributed by atoms with Crippen molar-refractivity contribution in [2.45, 2.75) is 6.10 Å². The Hall–Kier alpha value is -1.30. The third-order valence-electron chi connectivity index (χ3n) is 2.59. The average molecular weight is 285 g/mol. The summed E-state index contributed by atoms with van der Waals surface area (Å²) in [5.41, 5.74) is 1.28. The first-order chi connectivity index (χ1) is 8.58. The lowest BCUT2D eigenvalue weighted by molar-refractivity contribution is 0.0908. The van der Waals surface area contributed by atoms with Crippen LogP contribution in [-0.4, -0.2) is 22.1 Å². The fourth-order valence-corrected chi connectivity index (χ4v) is 2.57. The third-order valence-corrected chi connectivity index (χ3v) is 3.50. The molecule has 18 heavy (non-hydrogen) atoms. The molecule has 4 nitrogen and oxygen atoms in total. The molecule has 0 radical (unpaired) electrons. The molecule has 2 aromatic heterocycles. The molecule has 0 aliphatic carbocycles. The molecule has 6 heteroatoms. The molecule has 2 N–H and O–H groups in total. The van der Waals surface area contributed by atoms with Gasteiger partial charge in [0.25, 0.3) is 5.91 Å². The van der Waals surface area contributed by atoms with Crippen LogP contribution < -0.4 is 5.32 Å². The molecule has 96 valence electrons. The van der Waals surface area contributed by atoms with Crippen molar-refractivity contribution in [3.63, 3.8) is 0 Å². The van der Waals surface area contributed by atoms with Crippen molar-refractivity contribution in [2.24, 2.45) is 7.05 Å². The molecular formula is C12H13ClN2O2S. The van der Waals surface area contributed by atoms with Crippen molar-refractivity contribution in [3.05, 3.63) is 45.4 Å². The summed E-state index contributed by atoms with van der Waals surface area (Å²) >= 11 is 7.31. The molecule has 0 spiro atoms. The topological polar surface area (TPSA) is 54.3 Å². The molecule has 0 aromatic carbocycles. The van der Waals surface area contributed by atoms with Crippen LogP contribution in [0.15, 0.2) is 29.1 Å². The van der Waals surface area contributed by atoms with E-state index in [4.69, 9.17) is 11.6 Å². The third kappa shape index (κ3) is 2.93. The second kappa shape index (κ2) is 5.56. The number of aryl methyl sites for hydroxylation is 1. The molecule has 0 fully saturated rings. The van der Waals surface area contributed by atoms with E-state index in [9.17, 15) is 9.90 Å². The maximum Gasteiger partial charge on any atom is 0.268 e. The van der Waals surface area contributed by atoms with Crippen LogP contribution in [0.4, 0.5) is 0 Å². The number of aliphatic hydroxyl groups excluding tert-OH is 1. The number of thiophene rings is 1. The van der Waals surface area contributed by atoms with Gasteiger partial charge in [-0.3, -0.25) is 4.79 Å². The quantitative estimate of drug-likeness (QED) is 0.904. The molecule has 2 heterocycles. The van der Waals surface area contributed by atoms with Gasteiger partial charge >= 0.3 is 0 Å². The van der Waals surface area contributed by atoms with E-state index in [1.807, 2.05) is 16.8 Å². The molecule has 0 bridgehead atoms. The number of carbonyl (C=O) groups is 1. The van der Waals surface area contributed by atoms with Crippen LogP contribution in [0.1, 0.15) is 22.2 Å². The van der Waals surface area contributed by atoms with Crippen LogP contribution >= 0.6 is 22.9 Å². The summed E-state index contributed by atoms with van der Waals surface area (Å²) in [4.78, 5) is 11.9. The van der Waals surface area contributed by atoms with E-state index >= 15 is 0 Å². The van der Waals surface area contributed by atoms with E-state index in [1.54, 1.807) is 23.9 Å². The van der Waals surface area contributed by atoms with E-state index in [1.165, 1.54) is 11.3 Å². The summed E-state index contributed by atoms with van der Waals surface area (Å²) in [6.07, 6.45) is 0.974. The highest BCUT2D eigenvalue weighted by molar-refractivity contribution is 7.07. The molecule has 1 unspecified atom stereocenters. The number of amides is 1. The molecule has 0 aliphatic rings. The van der Waals surface area contributed by atoms with E-state index in [0.29, 0.717) is 10.7 Å². The molecular weight excluding hydrogens is 272 g/mol. The Morgan fingerprint density at radius 3 is 3.00 bits per heavy atom. The number of aromatic nitrogens is 1. The number of rotatable bonds is 4. The molecule has 1 atom stereocenters. The minimum absolute atomic E-state index is 0.179. The molecule has 2 rings (SSSR count). The Labute approximate surface area is 114 Å². The number of halogens is 1. The summed E-state index contributed by atoms with van der Waals surface area (Å²) in [6.45, 7) is 0.179. The number of carbonyl (C=O) groups excluding carboxylic acids is 1. The van der Waals surface area contributed by atoms with Crippen LogP contribution in [0.25, 0.3) is 0 Å². The van der Waals surface area contributed by atoms with Crippen LogP contribution in [-0.2, 0) is 7.05 Å². The Kier molecular flexibility index (Phi) is 4.06. The molecule has 0 saturated heterocycles. The first kappa shape index (κ1) is 13.1. The zero-order valence-corrected chi connectivity index (χ0v) is 11.3. The maximum atomic E-state index is 11.9. The van der Waals surface area contributed by atoms with Crippen molar-refractivity contribution in [2.75, 3.05) is 6.54 Å². The van der Waals surface area contributed by atoms with Crippen molar-refractivity contribution in [1.29, 1.82) is 0 Å². The Morgan fingerprint density at radius 1 is 1.67 bits per heavy atom. The molecule has 0 aliphatic heterocycles. The molecule has 2 aromatic rings. The zero-order chi connectivity index (χ0) is 13.1. The van der Waals surface area contributed by atoms with Gasteiger partial charge in [0.1, 0.15) is 5.69 Å². The Bertz CT molecular complexity index is 536. The van der Waals surface area contributed by atoms with Crippen molar-refractivity contribution in [1.82, 2.24) is 9.88 Å². The highest BCUT2D eigenvalue weighted by Gasteiger charge is 2.13. The van der Waals surface area contributed by atoms with Gasteiger partial charge in [-0.25, -0.2) is 0 Å². The Balaban J connectivity index is 1.94. The zero-order valence-electron chi connectivity index (χ0n) is 9.76. The van der Waals surface area contributed by atoms with E-state index in [2.05, 4.69) is 5.32 Å². The van der Waals surface area contributed by atoms with Gasteiger partial charge in [-0.05, 0) is 28.5 Å². The van der Waals surface area contributed by atoms with E-state index in [-0.39, 0.29) is 12.5 Å². The smallest absolute Gasteiger partial charge is 0.268 e. The van der Waals surface area contributed by atoms with E-state index in [0.717, 1.165) is 5.56 Å². The lowest BCUT2D eigenvalue weighted by Gasteiger charge is -2.10. The SMILES string of the molecule is Cn1cc(Cl)cc1C(=O)NCC(O)c1ccsc1. The van der Waals surface area contributed by atoms with Gasteiger partial charge in [0.05, 0.1) is 11.1 Å². The lowest BCUT2D eigenvalue weighted by Crippen LogP contribution is -2.29. The normalized spacial score (nSPS) is 12.4. The standard InChI is InChI=1S/C12H13ClN2O2S/c1-15-6-9(13)4-10(15)12(17)14-5-11(16)8-2-3-18-7-8/h2-4,6-7,11,16H,5H2,1H3,(H,14,17). The van der Waals surface area contributed by atoms with Crippen molar-refractivity contribution < 1.29 is 9.90 Å². The van der Waals surface area contributed by atoms with Crippen molar-refractivity contribution in [3.8, 4) is 0 Å². The van der Waals surface area contributed by atoms with Gasteiger partial charge in [-0.15, -0.1) is 0 Å². The van der Waals surface area contributed by atoms with Crippen LogP contribution in [0.5, 0.6) is 0 Å². The monoisotopic (exact) mass is 284 g/mol. The summed E-state index contributed by atoms with van der Waals surface area (Å²) in [7, 11) is 1.75. The number of hydrogen-bond acceptors (Lipinski definition) is 3. The minimum atomic E-state index is -0.684. The fraction of sp³-hybridized carbons (Fsp3) is 0.250. The second-order valence-corrected chi connectivity index (χ2v) is 5.15. The summed E-state index contributed by atoms with van der Waals surface area (Å²) < 4.78 is 1.65. The van der Waals surface area contributed by atoms with E-state index < -0.39 is 6.10 Å². The van der Waals surface area contributed by atoms with Gasteiger partial charge in [0.2, 0.25) is 0 Å². The van der Waals surface area contributed by atoms with Crippen molar-refractivity contribution >= 4 is 28.8 Å². The summed E-state index contributed by atoms with van der Waals surface area (Å²) in [5, 5.41) is 16.8. The number of aliphatic hydroxyl groups is 1. The maximum absolute atomic E-state index is 11.9. The number of nitrogens with one attached hydrogen (secondary N) is 1. The predicted octanol–water partition coefficient (Wildman–Crippen LogP) is 2.20. The van der Waals surface area contributed by atoms with Crippen LogP contribution in [0.2, 0.25) is 5.02 Å². The van der Waals surface area contributed by atoms with Gasteiger partial charge in [-0.1, -0.05) is 11.6 Å². The van der Waals surface area contributed by atoms with Gasteiger partial charge in [0.15, 0.2) is 0 Å². The fourth-order valence-electron chi connectivity index (χ4n) is 1.61. The highest BCUT2D eigenvalue weighted by Crippen LogP contribution is 2.16. The first-order valence-electron chi connectivity index (χ1n) is 5.38. The molecule has 0 saturated carbocycles. The van der Waals surface area contributed by atoms with Crippen LogP contribution in [0.3, 0.4) is 0 Å².